The third kappa shape index (κ3) is 3.87. The van der Waals surface area contributed by atoms with Gasteiger partial charge in [0.2, 0.25) is 11.8 Å². The fourth-order valence-corrected chi connectivity index (χ4v) is 1.44. The van der Waals surface area contributed by atoms with Crippen molar-refractivity contribution in [1.82, 2.24) is 4.90 Å². The summed E-state index contributed by atoms with van der Waals surface area (Å²) in [5.74, 6) is -3.17. The molecular weight excluding hydrogens is 254 g/mol. The molecule has 0 unspecified atom stereocenters. The summed E-state index contributed by atoms with van der Waals surface area (Å²) >= 11 is 0. The van der Waals surface area contributed by atoms with Crippen LogP contribution in [0.1, 0.15) is 10.4 Å². The van der Waals surface area contributed by atoms with Gasteiger partial charge in [0.1, 0.15) is 24.6 Å². The Balaban J connectivity index is 3.07. The van der Waals surface area contributed by atoms with Crippen molar-refractivity contribution >= 4 is 17.7 Å². The molecule has 6 N–H and O–H groups in total. The number of primary amides is 2. The molecule has 0 aromatic heterocycles. The maximum atomic E-state index is 12.0. The van der Waals surface area contributed by atoms with E-state index in [2.05, 4.69) is 0 Å². The van der Waals surface area contributed by atoms with Crippen molar-refractivity contribution in [1.29, 1.82) is 0 Å². The maximum absolute atomic E-state index is 12.0. The van der Waals surface area contributed by atoms with Crippen LogP contribution in [0.15, 0.2) is 18.2 Å². The Bertz CT molecular complexity index is 513. The molecule has 3 amide bonds. The zero-order valence-corrected chi connectivity index (χ0v) is 9.87. The number of aromatic hydroxyl groups is 2. The van der Waals surface area contributed by atoms with E-state index in [0.29, 0.717) is 0 Å². The molecule has 8 heteroatoms. The molecule has 102 valence electrons. The number of carbonyl (C=O) groups is 3. The smallest absolute Gasteiger partial charge is 0.258 e. The van der Waals surface area contributed by atoms with Crippen LogP contribution < -0.4 is 11.5 Å². The lowest BCUT2D eigenvalue weighted by Crippen LogP contribution is -2.43. The van der Waals surface area contributed by atoms with Crippen LogP contribution in [0, 0.1) is 0 Å². The van der Waals surface area contributed by atoms with Crippen molar-refractivity contribution in [3.05, 3.63) is 23.8 Å². The Labute approximate surface area is 108 Å². The van der Waals surface area contributed by atoms with E-state index in [1.807, 2.05) is 0 Å². The molecule has 0 saturated heterocycles. The lowest BCUT2D eigenvalue weighted by molar-refractivity contribution is -0.121. The SMILES string of the molecule is NC(=O)CN(CC(N)=O)C(=O)c1cc(O)ccc1O. The van der Waals surface area contributed by atoms with Crippen LogP contribution in [-0.4, -0.2) is 45.9 Å². The number of hydrogen-bond acceptors (Lipinski definition) is 5. The molecule has 0 atom stereocenters. The molecule has 0 aliphatic rings. The Morgan fingerprint density at radius 3 is 2.05 bits per heavy atom. The number of phenolic OH excluding ortho intramolecular Hbond substituents is 2. The third-order valence-corrected chi connectivity index (χ3v) is 2.19. The number of carbonyl (C=O) groups excluding carboxylic acids is 3. The number of rotatable bonds is 5. The minimum absolute atomic E-state index is 0.251. The van der Waals surface area contributed by atoms with E-state index < -0.39 is 36.6 Å². The first-order valence-electron chi connectivity index (χ1n) is 5.19. The van der Waals surface area contributed by atoms with Crippen LogP contribution in [0.25, 0.3) is 0 Å². The van der Waals surface area contributed by atoms with Gasteiger partial charge in [0.25, 0.3) is 5.91 Å². The molecule has 1 rings (SSSR count). The molecule has 0 saturated carbocycles. The first kappa shape index (κ1) is 14.3. The molecule has 8 nitrogen and oxygen atoms in total. The number of nitrogens with two attached hydrogens (primary N) is 2. The van der Waals surface area contributed by atoms with Crippen LogP contribution in [0.5, 0.6) is 11.5 Å². The number of benzene rings is 1. The van der Waals surface area contributed by atoms with Gasteiger partial charge in [0.05, 0.1) is 5.56 Å². The van der Waals surface area contributed by atoms with Gasteiger partial charge in [0, 0.05) is 0 Å². The van der Waals surface area contributed by atoms with Crippen LogP contribution in [0.4, 0.5) is 0 Å². The van der Waals surface area contributed by atoms with E-state index in [0.717, 1.165) is 17.0 Å². The molecule has 0 aliphatic heterocycles. The van der Waals surface area contributed by atoms with Crippen molar-refractivity contribution in [3.63, 3.8) is 0 Å². The third-order valence-electron chi connectivity index (χ3n) is 2.19. The largest absolute Gasteiger partial charge is 0.508 e. The quantitative estimate of drug-likeness (QED) is 0.480. The van der Waals surface area contributed by atoms with Crippen LogP contribution in [0.2, 0.25) is 0 Å². The molecule has 0 bridgehead atoms. The summed E-state index contributed by atoms with van der Waals surface area (Å²) in [5.41, 5.74) is 9.65. The van der Waals surface area contributed by atoms with Gasteiger partial charge in [-0.1, -0.05) is 0 Å². The van der Waals surface area contributed by atoms with Gasteiger partial charge in [-0.2, -0.15) is 0 Å². The van der Waals surface area contributed by atoms with Crippen molar-refractivity contribution in [2.75, 3.05) is 13.1 Å². The number of phenols is 2. The monoisotopic (exact) mass is 267 g/mol. The highest BCUT2D eigenvalue weighted by atomic mass is 16.3. The molecular formula is C11H13N3O5. The molecule has 1 aromatic rings. The van der Waals surface area contributed by atoms with Crippen molar-refractivity contribution < 1.29 is 24.6 Å². The van der Waals surface area contributed by atoms with E-state index in [9.17, 15) is 24.6 Å². The van der Waals surface area contributed by atoms with Crippen molar-refractivity contribution in [2.45, 2.75) is 0 Å². The highest BCUT2D eigenvalue weighted by Gasteiger charge is 2.22. The predicted molar refractivity (Wildman–Crippen MR) is 64.1 cm³/mol. The van der Waals surface area contributed by atoms with Crippen molar-refractivity contribution in [2.24, 2.45) is 11.5 Å². The Morgan fingerprint density at radius 2 is 1.58 bits per heavy atom. The van der Waals surface area contributed by atoms with Gasteiger partial charge >= 0.3 is 0 Å². The maximum Gasteiger partial charge on any atom is 0.258 e. The molecule has 0 heterocycles. The first-order valence-corrected chi connectivity index (χ1v) is 5.19. The summed E-state index contributed by atoms with van der Waals surface area (Å²) in [7, 11) is 0. The lowest BCUT2D eigenvalue weighted by atomic mass is 10.1. The van der Waals surface area contributed by atoms with Crippen LogP contribution in [-0.2, 0) is 9.59 Å². The lowest BCUT2D eigenvalue weighted by Gasteiger charge is -2.19. The fourth-order valence-electron chi connectivity index (χ4n) is 1.44. The van der Waals surface area contributed by atoms with Gasteiger partial charge < -0.3 is 26.6 Å². The summed E-state index contributed by atoms with van der Waals surface area (Å²) in [6.07, 6.45) is 0. The molecule has 19 heavy (non-hydrogen) atoms. The Kier molecular flexibility index (Phi) is 4.30. The second-order valence-corrected chi connectivity index (χ2v) is 3.80. The molecule has 1 aromatic carbocycles. The highest BCUT2D eigenvalue weighted by Crippen LogP contribution is 2.23. The zero-order valence-electron chi connectivity index (χ0n) is 9.87. The van der Waals surface area contributed by atoms with E-state index in [1.54, 1.807) is 0 Å². The summed E-state index contributed by atoms with van der Waals surface area (Å²) in [6, 6.07) is 3.29. The van der Waals surface area contributed by atoms with Gasteiger partial charge in [-0.3, -0.25) is 14.4 Å². The summed E-state index contributed by atoms with van der Waals surface area (Å²) in [4.78, 5) is 34.5. The Hall–Kier alpha value is -2.77. The van der Waals surface area contributed by atoms with E-state index in [-0.39, 0.29) is 11.3 Å². The topological polar surface area (TPSA) is 147 Å². The standard InChI is InChI=1S/C11H13N3O5/c12-9(17)4-14(5-10(13)18)11(19)7-3-6(15)1-2-8(7)16/h1-3,15-16H,4-5H2,(H2,12,17)(H2,13,18). The zero-order chi connectivity index (χ0) is 14.6. The van der Waals surface area contributed by atoms with Gasteiger partial charge in [-0.15, -0.1) is 0 Å². The minimum Gasteiger partial charge on any atom is -0.508 e. The normalized spacial score (nSPS) is 9.89. The van der Waals surface area contributed by atoms with E-state index in [1.165, 1.54) is 6.07 Å². The molecule has 0 spiro atoms. The average molecular weight is 267 g/mol. The first-order chi connectivity index (χ1) is 8.81. The van der Waals surface area contributed by atoms with Gasteiger partial charge in [-0.05, 0) is 18.2 Å². The summed E-state index contributed by atoms with van der Waals surface area (Å²) in [6.45, 7) is -1.06. The fraction of sp³-hybridized carbons (Fsp3) is 0.182. The van der Waals surface area contributed by atoms with Gasteiger partial charge in [-0.25, -0.2) is 0 Å². The number of amides is 3. The highest BCUT2D eigenvalue weighted by molar-refractivity contribution is 6.00. The average Bonchev–Trinajstić information content (AvgIpc) is 2.29. The predicted octanol–water partition coefficient (Wildman–Crippen LogP) is -1.49. The number of nitrogens with zero attached hydrogens (tertiary/aromatic N) is 1. The van der Waals surface area contributed by atoms with Crippen molar-refractivity contribution in [3.8, 4) is 11.5 Å². The number of hydrogen-bond donors (Lipinski definition) is 4. The molecule has 0 aliphatic carbocycles. The van der Waals surface area contributed by atoms with E-state index in [4.69, 9.17) is 11.5 Å². The van der Waals surface area contributed by atoms with Gasteiger partial charge in [0.15, 0.2) is 0 Å². The molecule has 0 radical (unpaired) electrons. The minimum atomic E-state index is -0.842. The Morgan fingerprint density at radius 1 is 1.05 bits per heavy atom. The van der Waals surface area contributed by atoms with E-state index >= 15 is 0 Å². The van der Waals surface area contributed by atoms with Crippen LogP contribution >= 0.6 is 0 Å². The second kappa shape index (κ2) is 5.71. The molecule has 0 fully saturated rings. The summed E-state index contributed by atoms with van der Waals surface area (Å²) < 4.78 is 0. The van der Waals surface area contributed by atoms with Crippen LogP contribution in [0.3, 0.4) is 0 Å². The second-order valence-electron chi connectivity index (χ2n) is 3.80. The summed E-state index contributed by atoms with van der Waals surface area (Å²) in [5, 5.41) is 18.8.